The Hall–Kier alpha value is -1.88. The van der Waals surface area contributed by atoms with Crippen molar-refractivity contribution in [3.63, 3.8) is 0 Å². The number of hydrogen-bond acceptors (Lipinski definition) is 3. The van der Waals surface area contributed by atoms with E-state index >= 15 is 0 Å². The van der Waals surface area contributed by atoms with E-state index in [1.165, 1.54) is 13.0 Å². The van der Waals surface area contributed by atoms with E-state index in [0.717, 1.165) is 0 Å². The number of benzene rings is 2. The van der Waals surface area contributed by atoms with E-state index in [-0.39, 0.29) is 11.6 Å². The van der Waals surface area contributed by atoms with Gasteiger partial charge in [-0.15, -0.1) is 0 Å². The number of halogens is 2. The first kappa shape index (κ1) is 13.5. The molecule has 0 unspecified atom stereocenters. The zero-order valence-electron chi connectivity index (χ0n) is 10.2. The molecule has 0 amide bonds. The Labute approximate surface area is 118 Å². The lowest BCUT2D eigenvalue weighted by Crippen LogP contribution is -2.01. The number of Topliss-reactive ketones (excluding diaryl/α,β-unsaturated/α-hetero) is 1. The van der Waals surface area contributed by atoms with Gasteiger partial charge in [0.2, 0.25) is 0 Å². The minimum Gasteiger partial charge on any atom is -0.398 e. The van der Waals surface area contributed by atoms with Gasteiger partial charge in [0.15, 0.2) is 5.78 Å². The first-order valence-electron chi connectivity index (χ1n) is 5.60. The highest BCUT2D eigenvalue weighted by Crippen LogP contribution is 2.29. The van der Waals surface area contributed by atoms with Gasteiger partial charge in [-0.1, -0.05) is 6.07 Å². The fourth-order valence-corrected chi connectivity index (χ4v) is 2.16. The quantitative estimate of drug-likeness (QED) is 0.660. The van der Waals surface area contributed by atoms with Crippen LogP contribution in [0, 0.1) is 5.82 Å². The van der Waals surface area contributed by atoms with Crippen LogP contribution >= 0.6 is 15.9 Å². The lowest BCUT2D eigenvalue weighted by Gasteiger charge is -2.11. The molecule has 19 heavy (non-hydrogen) atoms. The van der Waals surface area contributed by atoms with Crippen LogP contribution in [0.4, 0.5) is 21.5 Å². The van der Waals surface area contributed by atoms with Crippen LogP contribution in [0.15, 0.2) is 40.9 Å². The summed E-state index contributed by atoms with van der Waals surface area (Å²) in [6, 6.07) is 9.62. The van der Waals surface area contributed by atoms with Crippen molar-refractivity contribution < 1.29 is 9.18 Å². The number of ketones is 1. The zero-order valence-corrected chi connectivity index (χ0v) is 11.8. The molecule has 3 nitrogen and oxygen atoms in total. The van der Waals surface area contributed by atoms with Crippen molar-refractivity contribution in [2.24, 2.45) is 0 Å². The molecule has 3 N–H and O–H groups in total. The minimum absolute atomic E-state index is 0.101. The monoisotopic (exact) mass is 322 g/mol. The smallest absolute Gasteiger partial charge is 0.161 e. The Morgan fingerprint density at radius 2 is 2.05 bits per heavy atom. The van der Waals surface area contributed by atoms with Gasteiger partial charge in [-0.25, -0.2) is 4.39 Å². The first-order valence-corrected chi connectivity index (χ1v) is 6.40. The van der Waals surface area contributed by atoms with Gasteiger partial charge >= 0.3 is 0 Å². The summed E-state index contributed by atoms with van der Waals surface area (Å²) in [6.07, 6.45) is 0. The second-order valence-corrected chi connectivity index (χ2v) is 4.93. The van der Waals surface area contributed by atoms with E-state index in [4.69, 9.17) is 5.73 Å². The number of nitrogens with one attached hydrogen (secondary N) is 1. The molecule has 2 aromatic rings. The minimum atomic E-state index is -0.372. The van der Waals surface area contributed by atoms with Gasteiger partial charge in [0.25, 0.3) is 0 Å². The van der Waals surface area contributed by atoms with Crippen molar-refractivity contribution in [2.45, 2.75) is 6.92 Å². The highest BCUT2D eigenvalue weighted by atomic mass is 79.9. The van der Waals surface area contributed by atoms with Crippen LogP contribution in [0.2, 0.25) is 0 Å². The molecule has 0 aliphatic rings. The summed E-state index contributed by atoms with van der Waals surface area (Å²) in [7, 11) is 0. The first-order chi connectivity index (χ1) is 8.99. The van der Waals surface area contributed by atoms with Crippen molar-refractivity contribution in [1.82, 2.24) is 0 Å². The molecule has 5 heteroatoms. The van der Waals surface area contributed by atoms with Crippen LogP contribution in [-0.4, -0.2) is 5.78 Å². The molecule has 0 saturated heterocycles. The van der Waals surface area contributed by atoms with Gasteiger partial charge in [-0.2, -0.15) is 0 Å². The van der Waals surface area contributed by atoms with Crippen molar-refractivity contribution in [3.05, 3.63) is 52.3 Å². The number of nitrogens with two attached hydrogens (primary N) is 1. The molecule has 0 heterocycles. The van der Waals surface area contributed by atoms with E-state index in [9.17, 15) is 9.18 Å². The molecule has 0 spiro atoms. The van der Waals surface area contributed by atoms with E-state index in [2.05, 4.69) is 21.2 Å². The third-order valence-electron chi connectivity index (χ3n) is 2.66. The van der Waals surface area contributed by atoms with Crippen molar-refractivity contribution in [3.8, 4) is 0 Å². The number of hydrogen-bond donors (Lipinski definition) is 2. The molecule has 2 aromatic carbocycles. The van der Waals surface area contributed by atoms with Crippen molar-refractivity contribution >= 4 is 38.8 Å². The van der Waals surface area contributed by atoms with Crippen molar-refractivity contribution in [1.29, 1.82) is 0 Å². The lowest BCUT2D eigenvalue weighted by atomic mass is 10.1. The topological polar surface area (TPSA) is 55.1 Å². The molecule has 0 aliphatic carbocycles. The molecule has 0 fully saturated rings. The van der Waals surface area contributed by atoms with Gasteiger partial charge in [0, 0.05) is 21.4 Å². The lowest BCUT2D eigenvalue weighted by molar-refractivity contribution is 0.101. The zero-order chi connectivity index (χ0) is 14.0. The molecular weight excluding hydrogens is 311 g/mol. The van der Waals surface area contributed by atoms with Crippen LogP contribution in [0.1, 0.15) is 17.3 Å². The Morgan fingerprint density at radius 1 is 1.32 bits per heavy atom. The third kappa shape index (κ3) is 2.93. The second kappa shape index (κ2) is 5.40. The summed E-state index contributed by atoms with van der Waals surface area (Å²) < 4.78 is 14.3. The predicted octanol–water partition coefficient (Wildman–Crippen LogP) is 4.12. The molecular formula is C14H12BrFN2O. The molecule has 0 aliphatic heterocycles. The van der Waals surface area contributed by atoms with Crippen LogP contribution in [-0.2, 0) is 0 Å². The number of anilines is 3. The summed E-state index contributed by atoms with van der Waals surface area (Å²) in [5.74, 6) is -0.472. The standard InChI is InChI=1S/C14H12BrFN2O/c1-8(19)10-6-5-9(7-13(10)17)18-14-11(15)3-2-4-12(14)16/h2-7,18H,17H2,1H3. The average molecular weight is 323 g/mol. The van der Waals surface area contributed by atoms with E-state index < -0.39 is 0 Å². The van der Waals surface area contributed by atoms with Crippen LogP contribution in [0.3, 0.4) is 0 Å². The van der Waals surface area contributed by atoms with Crippen molar-refractivity contribution in [2.75, 3.05) is 11.1 Å². The van der Waals surface area contributed by atoms with Crippen LogP contribution in [0.25, 0.3) is 0 Å². The summed E-state index contributed by atoms with van der Waals surface area (Å²) >= 11 is 3.27. The fraction of sp³-hybridized carbons (Fsp3) is 0.0714. The molecule has 0 aromatic heterocycles. The SMILES string of the molecule is CC(=O)c1ccc(Nc2c(F)cccc2Br)cc1N. The largest absolute Gasteiger partial charge is 0.398 e. The number of nitrogen functional groups attached to an aromatic ring is 1. The maximum atomic E-state index is 13.7. The Kier molecular flexibility index (Phi) is 3.85. The fourth-order valence-electron chi connectivity index (χ4n) is 1.72. The van der Waals surface area contributed by atoms with Gasteiger partial charge < -0.3 is 11.1 Å². The van der Waals surface area contributed by atoms with E-state index in [1.807, 2.05) is 0 Å². The van der Waals surface area contributed by atoms with Gasteiger partial charge in [0.05, 0.1) is 5.69 Å². The molecule has 0 bridgehead atoms. The third-order valence-corrected chi connectivity index (χ3v) is 3.32. The molecule has 0 saturated carbocycles. The summed E-state index contributed by atoms with van der Waals surface area (Å²) in [5.41, 5.74) is 7.56. The summed E-state index contributed by atoms with van der Waals surface area (Å²) in [5, 5.41) is 2.93. The predicted molar refractivity (Wildman–Crippen MR) is 78.2 cm³/mol. The number of carbonyl (C=O) groups excluding carboxylic acids is 1. The highest BCUT2D eigenvalue weighted by molar-refractivity contribution is 9.10. The maximum absolute atomic E-state index is 13.7. The van der Waals surface area contributed by atoms with Crippen LogP contribution in [0.5, 0.6) is 0 Å². The van der Waals surface area contributed by atoms with Gasteiger partial charge in [-0.3, -0.25) is 4.79 Å². The second-order valence-electron chi connectivity index (χ2n) is 4.08. The Morgan fingerprint density at radius 3 is 2.63 bits per heavy atom. The maximum Gasteiger partial charge on any atom is 0.161 e. The number of para-hydroxylation sites is 1. The van der Waals surface area contributed by atoms with E-state index in [0.29, 0.717) is 27.1 Å². The molecule has 2 rings (SSSR count). The number of rotatable bonds is 3. The molecule has 0 atom stereocenters. The van der Waals surface area contributed by atoms with Crippen LogP contribution < -0.4 is 11.1 Å². The Bertz CT molecular complexity index is 623. The summed E-state index contributed by atoms with van der Waals surface area (Å²) in [4.78, 5) is 11.3. The highest BCUT2D eigenvalue weighted by Gasteiger charge is 2.09. The number of carbonyl (C=O) groups is 1. The average Bonchev–Trinajstić information content (AvgIpc) is 2.33. The van der Waals surface area contributed by atoms with Gasteiger partial charge in [-0.05, 0) is 53.2 Å². The normalized spacial score (nSPS) is 10.3. The Balaban J connectivity index is 2.34. The molecule has 98 valence electrons. The molecule has 0 radical (unpaired) electrons. The van der Waals surface area contributed by atoms with E-state index in [1.54, 1.807) is 30.3 Å². The van der Waals surface area contributed by atoms with Gasteiger partial charge in [0.1, 0.15) is 5.82 Å². The summed E-state index contributed by atoms with van der Waals surface area (Å²) in [6.45, 7) is 1.45.